The van der Waals surface area contributed by atoms with E-state index in [1.807, 2.05) is 0 Å². The van der Waals surface area contributed by atoms with Gasteiger partial charge in [0.1, 0.15) is 5.75 Å². The predicted molar refractivity (Wildman–Crippen MR) is 71.1 cm³/mol. The average molecular weight is 331 g/mol. The van der Waals surface area contributed by atoms with Crippen molar-refractivity contribution in [1.29, 1.82) is 0 Å². The number of hydrogen-bond donors (Lipinski definition) is 0. The van der Waals surface area contributed by atoms with Gasteiger partial charge in [-0.1, -0.05) is 40.2 Å². The SMILES string of the molecule is COc1ccccc1-c1ccc(Br)cc1C(F)(F)F. The molecule has 0 saturated heterocycles. The van der Waals surface area contributed by atoms with E-state index in [2.05, 4.69) is 15.9 Å². The Morgan fingerprint density at radius 1 is 1.00 bits per heavy atom. The minimum absolute atomic E-state index is 0.105. The summed E-state index contributed by atoms with van der Waals surface area (Å²) in [5, 5.41) is 0. The molecule has 0 aliphatic carbocycles. The zero-order valence-electron chi connectivity index (χ0n) is 9.96. The summed E-state index contributed by atoms with van der Waals surface area (Å²) in [4.78, 5) is 0. The Bertz CT molecular complexity index is 593. The number of halogens is 4. The molecule has 5 heteroatoms. The number of methoxy groups -OCH3 is 1. The zero-order chi connectivity index (χ0) is 14.0. The molecule has 0 saturated carbocycles. The van der Waals surface area contributed by atoms with Crippen molar-refractivity contribution in [2.75, 3.05) is 7.11 Å². The second-order valence-corrected chi connectivity index (χ2v) is 4.80. The highest BCUT2D eigenvalue weighted by Crippen LogP contribution is 2.41. The fourth-order valence-corrected chi connectivity index (χ4v) is 2.21. The molecule has 0 unspecified atom stereocenters. The second kappa shape index (κ2) is 5.25. The van der Waals surface area contributed by atoms with Crippen molar-refractivity contribution < 1.29 is 17.9 Å². The van der Waals surface area contributed by atoms with Crippen molar-refractivity contribution in [2.24, 2.45) is 0 Å². The van der Waals surface area contributed by atoms with Gasteiger partial charge < -0.3 is 4.74 Å². The van der Waals surface area contributed by atoms with Gasteiger partial charge in [-0.15, -0.1) is 0 Å². The van der Waals surface area contributed by atoms with Crippen molar-refractivity contribution in [2.45, 2.75) is 6.18 Å². The summed E-state index contributed by atoms with van der Waals surface area (Å²) in [5.74, 6) is 0.412. The molecule has 19 heavy (non-hydrogen) atoms. The van der Waals surface area contributed by atoms with Gasteiger partial charge in [0, 0.05) is 10.0 Å². The van der Waals surface area contributed by atoms with Crippen molar-refractivity contribution in [3.05, 3.63) is 52.5 Å². The third-order valence-electron chi connectivity index (χ3n) is 2.68. The van der Waals surface area contributed by atoms with Crippen molar-refractivity contribution >= 4 is 15.9 Å². The Labute approximate surface area is 117 Å². The van der Waals surface area contributed by atoms with Crippen LogP contribution in [0.15, 0.2) is 46.9 Å². The van der Waals surface area contributed by atoms with Crippen LogP contribution in [0, 0.1) is 0 Å². The van der Waals surface area contributed by atoms with Gasteiger partial charge in [0.05, 0.1) is 12.7 Å². The number of benzene rings is 2. The highest BCUT2D eigenvalue weighted by atomic mass is 79.9. The minimum atomic E-state index is -4.42. The molecule has 0 aliphatic rings. The van der Waals surface area contributed by atoms with E-state index in [1.165, 1.54) is 13.2 Å². The Kier molecular flexibility index (Phi) is 3.85. The monoisotopic (exact) mass is 330 g/mol. The largest absolute Gasteiger partial charge is 0.496 e. The van der Waals surface area contributed by atoms with E-state index in [0.717, 1.165) is 6.07 Å². The van der Waals surface area contributed by atoms with E-state index in [1.54, 1.807) is 30.3 Å². The molecule has 2 aromatic carbocycles. The lowest BCUT2D eigenvalue weighted by Crippen LogP contribution is -2.07. The van der Waals surface area contributed by atoms with E-state index in [0.29, 0.717) is 15.8 Å². The van der Waals surface area contributed by atoms with Crippen LogP contribution in [0.1, 0.15) is 5.56 Å². The molecule has 2 rings (SSSR count). The van der Waals surface area contributed by atoms with Crippen LogP contribution < -0.4 is 4.74 Å². The van der Waals surface area contributed by atoms with Crippen molar-refractivity contribution in [3.63, 3.8) is 0 Å². The first kappa shape index (κ1) is 13.9. The maximum Gasteiger partial charge on any atom is 0.417 e. The minimum Gasteiger partial charge on any atom is -0.496 e. The summed E-state index contributed by atoms with van der Waals surface area (Å²) in [7, 11) is 1.44. The Balaban J connectivity index is 2.69. The quantitative estimate of drug-likeness (QED) is 0.740. The summed E-state index contributed by atoms with van der Waals surface area (Å²) in [6, 6.07) is 10.7. The zero-order valence-corrected chi connectivity index (χ0v) is 11.5. The maximum absolute atomic E-state index is 13.1. The first-order chi connectivity index (χ1) is 8.93. The van der Waals surface area contributed by atoms with Crippen molar-refractivity contribution in [3.8, 4) is 16.9 Å². The Morgan fingerprint density at radius 3 is 2.32 bits per heavy atom. The fraction of sp³-hybridized carbons (Fsp3) is 0.143. The van der Waals surface area contributed by atoms with Crippen LogP contribution in [-0.2, 0) is 6.18 Å². The standard InChI is InChI=1S/C14H10BrF3O/c1-19-13-5-3-2-4-11(13)10-7-6-9(15)8-12(10)14(16,17)18/h2-8H,1H3. The lowest BCUT2D eigenvalue weighted by atomic mass is 9.98. The molecule has 1 nitrogen and oxygen atoms in total. The number of ether oxygens (including phenoxy) is 1. The van der Waals surface area contributed by atoms with Crippen LogP contribution in [0.5, 0.6) is 5.75 Å². The molecular formula is C14H10BrF3O. The molecule has 0 aromatic heterocycles. The lowest BCUT2D eigenvalue weighted by molar-refractivity contribution is -0.137. The molecule has 0 amide bonds. The third-order valence-corrected chi connectivity index (χ3v) is 3.18. The van der Waals surface area contributed by atoms with Gasteiger partial charge in [0.25, 0.3) is 0 Å². The summed E-state index contributed by atoms with van der Waals surface area (Å²) in [6.45, 7) is 0. The van der Waals surface area contributed by atoms with Crippen LogP contribution in [0.25, 0.3) is 11.1 Å². The maximum atomic E-state index is 13.1. The molecule has 2 aromatic rings. The van der Waals surface area contributed by atoms with Gasteiger partial charge >= 0.3 is 6.18 Å². The summed E-state index contributed by atoms with van der Waals surface area (Å²) < 4.78 is 44.8. The first-order valence-electron chi connectivity index (χ1n) is 5.43. The van der Waals surface area contributed by atoms with Gasteiger partial charge in [-0.25, -0.2) is 0 Å². The van der Waals surface area contributed by atoms with Crippen molar-refractivity contribution in [1.82, 2.24) is 0 Å². The molecule has 0 bridgehead atoms. The van der Waals surface area contributed by atoms with Gasteiger partial charge in [-0.3, -0.25) is 0 Å². The lowest BCUT2D eigenvalue weighted by Gasteiger charge is -2.15. The van der Waals surface area contributed by atoms with E-state index in [9.17, 15) is 13.2 Å². The molecule has 0 atom stereocenters. The first-order valence-corrected chi connectivity index (χ1v) is 6.23. The molecule has 0 N–H and O–H groups in total. The topological polar surface area (TPSA) is 9.23 Å². The highest BCUT2D eigenvalue weighted by Gasteiger charge is 2.34. The fourth-order valence-electron chi connectivity index (χ4n) is 1.85. The smallest absolute Gasteiger partial charge is 0.417 e. The Hall–Kier alpha value is -1.49. The van der Waals surface area contributed by atoms with E-state index in [4.69, 9.17) is 4.74 Å². The van der Waals surface area contributed by atoms with Crippen LogP contribution >= 0.6 is 15.9 Å². The van der Waals surface area contributed by atoms with Crippen LogP contribution in [-0.4, -0.2) is 7.11 Å². The number of para-hydroxylation sites is 1. The molecule has 100 valence electrons. The number of hydrogen-bond acceptors (Lipinski definition) is 1. The molecule has 0 aliphatic heterocycles. The predicted octanol–water partition coefficient (Wildman–Crippen LogP) is 5.14. The average Bonchev–Trinajstić information content (AvgIpc) is 2.37. The molecule has 0 spiro atoms. The third kappa shape index (κ3) is 2.92. The van der Waals surface area contributed by atoms with Gasteiger partial charge in [0.2, 0.25) is 0 Å². The van der Waals surface area contributed by atoms with Gasteiger partial charge in [-0.2, -0.15) is 13.2 Å². The van der Waals surface area contributed by atoms with Gasteiger partial charge in [0.15, 0.2) is 0 Å². The van der Waals surface area contributed by atoms with E-state index in [-0.39, 0.29) is 5.56 Å². The molecule has 0 fully saturated rings. The molecule has 0 radical (unpaired) electrons. The number of alkyl halides is 3. The van der Waals surface area contributed by atoms with Crippen LogP contribution in [0.3, 0.4) is 0 Å². The van der Waals surface area contributed by atoms with E-state index < -0.39 is 11.7 Å². The van der Waals surface area contributed by atoms with Gasteiger partial charge in [-0.05, 0) is 23.8 Å². The van der Waals surface area contributed by atoms with E-state index >= 15 is 0 Å². The van der Waals surface area contributed by atoms with Crippen LogP contribution in [0.4, 0.5) is 13.2 Å². The highest BCUT2D eigenvalue weighted by molar-refractivity contribution is 9.10. The summed E-state index contributed by atoms with van der Waals surface area (Å²) in [6.07, 6.45) is -4.42. The van der Waals surface area contributed by atoms with Crippen LogP contribution in [0.2, 0.25) is 0 Å². The Morgan fingerprint density at radius 2 is 1.68 bits per heavy atom. The normalized spacial score (nSPS) is 11.4. The second-order valence-electron chi connectivity index (χ2n) is 3.89. The summed E-state index contributed by atoms with van der Waals surface area (Å²) in [5.41, 5.74) is -0.163. The number of rotatable bonds is 2. The molecule has 0 heterocycles. The molecular weight excluding hydrogens is 321 g/mol. The summed E-state index contributed by atoms with van der Waals surface area (Å²) >= 11 is 3.07.